The van der Waals surface area contributed by atoms with E-state index in [-0.39, 0.29) is 24.3 Å². The Hall–Kier alpha value is -2.33. The molecule has 0 aliphatic heterocycles. The predicted molar refractivity (Wildman–Crippen MR) is 114 cm³/mol. The van der Waals surface area contributed by atoms with Gasteiger partial charge in [0.25, 0.3) is 0 Å². The smallest absolute Gasteiger partial charge is 0.242 e. The van der Waals surface area contributed by atoms with Crippen molar-refractivity contribution in [1.29, 1.82) is 0 Å². The maximum atomic E-state index is 13.1. The van der Waals surface area contributed by atoms with Gasteiger partial charge in [-0.1, -0.05) is 54.9 Å². The van der Waals surface area contributed by atoms with Crippen LogP contribution in [0, 0.1) is 6.92 Å². The normalized spacial score (nSPS) is 12.9. The lowest BCUT2D eigenvalue weighted by Crippen LogP contribution is -2.50. The molecule has 0 bridgehead atoms. The third-order valence-electron chi connectivity index (χ3n) is 5.01. The second kappa shape index (κ2) is 10.3. The second-order valence-corrected chi connectivity index (χ2v) is 7.69. The van der Waals surface area contributed by atoms with Gasteiger partial charge in [-0.05, 0) is 56.0 Å². The molecule has 150 valence electrons. The fourth-order valence-corrected chi connectivity index (χ4v) is 3.16. The van der Waals surface area contributed by atoms with E-state index in [1.54, 1.807) is 24.0 Å². The summed E-state index contributed by atoms with van der Waals surface area (Å²) >= 11 is 6.06. The van der Waals surface area contributed by atoms with Crippen LogP contribution in [-0.4, -0.2) is 28.8 Å². The van der Waals surface area contributed by atoms with Gasteiger partial charge in [-0.2, -0.15) is 0 Å². The van der Waals surface area contributed by atoms with Crippen LogP contribution in [0.1, 0.15) is 43.9 Å². The summed E-state index contributed by atoms with van der Waals surface area (Å²) in [6.07, 6.45) is 1.04. The van der Waals surface area contributed by atoms with Crippen molar-refractivity contribution in [1.82, 2.24) is 10.2 Å². The summed E-state index contributed by atoms with van der Waals surface area (Å²) in [7, 11) is 0. The molecule has 0 spiro atoms. The van der Waals surface area contributed by atoms with Gasteiger partial charge < -0.3 is 10.2 Å². The molecule has 2 amide bonds. The van der Waals surface area contributed by atoms with Crippen LogP contribution in [-0.2, 0) is 22.6 Å². The maximum absolute atomic E-state index is 13.1. The Morgan fingerprint density at radius 2 is 1.82 bits per heavy atom. The highest BCUT2D eigenvalue weighted by molar-refractivity contribution is 6.30. The lowest BCUT2D eigenvalue weighted by molar-refractivity contribution is -0.140. The molecule has 0 saturated heterocycles. The molecule has 1 N–H and O–H groups in total. The fourth-order valence-electron chi connectivity index (χ4n) is 2.94. The molecule has 0 aliphatic rings. The lowest BCUT2D eigenvalue weighted by atomic mass is 10.1. The molecule has 4 nitrogen and oxygen atoms in total. The zero-order valence-electron chi connectivity index (χ0n) is 17.0. The number of hydrogen-bond donors (Lipinski definition) is 1. The third-order valence-corrected chi connectivity index (χ3v) is 5.25. The molecule has 0 radical (unpaired) electrons. The monoisotopic (exact) mass is 400 g/mol. The Balaban J connectivity index is 2.25. The molecule has 28 heavy (non-hydrogen) atoms. The zero-order chi connectivity index (χ0) is 20.7. The number of benzene rings is 2. The molecule has 2 rings (SSSR count). The fraction of sp³-hybridized carbons (Fsp3) is 0.391. The molecule has 5 heteroatoms. The first kappa shape index (κ1) is 22.0. The number of carbonyl (C=O) groups excluding carboxylic acids is 2. The number of aryl methyl sites for hydroxylation is 1. The highest BCUT2D eigenvalue weighted by atomic mass is 35.5. The average molecular weight is 401 g/mol. The minimum absolute atomic E-state index is 0.0679. The summed E-state index contributed by atoms with van der Waals surface area (Å²) < 4.78 is 0. The molecule has 0 aromatic heterocycles. The van der Waals surface area contributed by atoms with E-state index in [4.69, 9.17) is 11.6 Å². The van der Waals surface area contributed by atoms with Gasteiger partial charge in [0, 0.05) is 17.6 Å². The van der Waals surface area contributed by atoms with E-state index in [1.165, 1.54) is 0 Å². The van der Waals surface area contributed by atoms with Crippen molar-refractivity contribution in [2.45, 2.75) is 59.2 Å². The van der Waals surface area contributed by atoms with Crippen LogP contribution in [0.15, 0.2) is 48.5 Å². The maximum Gasteiger partial charge on any atom is 0.242 e. The van der Waals surface area contributed by atoms with Crippen LogP contribution in [0.4, 0.5) is 0 Å². The van der Waals surface area contributed by atoms with Gasteiger partial charge in [0.15, 0.2) is 0 Å². The summed E-state index contributed by atoms with van der Waals surface area (Å²) in [6, 6.07) is 14.7. The molecule has 2 atom stereocenters. The molecule has 2 aromatic carbocycles. The Morgan fingerprint density at radius 3 is 2.46 bits per heavy atom. The summed E-state index contributed by atoms with van der Waals surface area (Å²) in [5.41, 5.74) is 2.96. The highest BCUT2D eigenvalue weighted by Crippen LogP contribution is 2.17. The zero-order valence-corrected chi connectivity index (χ0v) is 17.8. The van der Waals surface area contributed by atoms with Crippen molar-refractivity contribution in [2.24, 2.45) is 0 Å². The number of hydrogen-bond acceptors (Lipinski definition) is 2. The standard InChI is InChI=1S/C23H29ClN2O2/c1-5-17(3)25-23(28)18(4)26(15-20-11-7-6-9-16(20)2)22(27)14-19-10-8-12-21(24)13-19/h6-13,17-18H,5,14-15H2,1-4H3,(H,25,28). The summed E-state index contributed by atoms with van der Waals surface area (Å²) in [4.78, 5) is 27.5. The van der Waals surface area contributed by atoms with Crippen LogP contribution in [0.25, 0.3) is 0 Å². The summed E-state index contributed by atoms with van der Waals surface area (Å²) in [5, 5.41) is 3.58. The predicted octanol–water partition coefficient (Wildman–Crippen LogP) is 4.52. The number of rotatable bonds is 8. The molecular formula is C23H29ClN2O2. The first-order valence-corrected chi connectivity index (χ1v) is 10.1. The van der Waals surface area contributed by atoms with Gasteiger partial charge in [0.05, 0.1) is 6.42 Å². The number of amides is 2. The van der Waals surface area contributed by atoms with Crippen molar-refractivity contribution >= 4 is 23.4 Å². The van der Waals surface area contributed by atoms with Crippen molar-refractivity contribution in [3.63, 3.8) is 0 Å². The van der Waals surface area contributed by atoms with Crippen LogP contribution >= 0.6 is 11.6 Å². The van der Waals surface area contributed by atoms with Gasteiger partial charge in [-0.25, -0.2) is 0 Å². The van der Waals surface area contributed by atoms with E-state index < -0.39 is 6.04 Å². The van der Waals surface area contributed by atoms with Crippen LogP contribution < -0.4 is 5.32 Å². The van der Waals surface area contributed by atoms with Gasteiger partial charge in [0.1, 0.15) is 6.04 Å². The highest BCUT2D eigenvalue weighted by Gasteiger charge is 2.27. The average Bonchev–Trinajstić information content (AvgIpc) is 2.66. The Labute approximate surface area is 172 Å². The molecule has 2 unspecified atom stereocenters. The molecule has 0 fully saturated rings. The molecule has 2 aromatic rings. The largest absolute Gasteiger partial charge is 0.352 e. The molecule has 0 heterocycles. The van der Waals surface area contributed by atoms with Crippen LogP contribution in [0.2, 0.25) is 5.02 Å². The Bertz CT molecular complexity index is 822. The summed E-state index contributed by atoms with van der Waals surface area (Å²) in [6.45, 7) is 8.17. The minimum Gasteiger partial charge on any atom is -0.352 e. The first-order valence-electron chi connectivity index (χ1n) is 9.70. The number of nitrogens with one attached hydrogen (secondary N) is 1. The van der Waals surface area contributed by atoms with E-state index in [9.17, 15) is 9.59 Å². The number of carbonyl (C=O) groups is 2. The van der Waals surface area contributed by atoms with Gasteiger partial charge in [0.2, 0.25) is 11.8 Å². The van der Waals surface area contributed by atoms with E-state index in [2.05, 4.69) is 5.32 Å². The lowest BCUT2D eigenvalue weighted by Gasteiger charge is -2.30. The first-order chi connectivity index (χ1) is 13.3. The van der Waals surface area contributed by atoms with E-state index in [0.717, 1.165) is 23.1 Å². The molecular weight excluding hydrogens is 372 g/mol. The topological polar surface area (TPSA) is 49.4 Å². The van der Waals surface area contributed by atoms with Crippen LogP contribution in [0.5, 0.6) is 0 Å². The van der Waals surface area contributed by atoms with Gasteiger partial charge in [-0.3, -0.25) is 9.59 Å². The molecule has 0 aliphatic carbocycles. The van der Waals surface area contributed by atoms with Crippen molar-refractivity contribution in [3.8, 4) is 0 Å². The quantitative estimate of drug-likeness (QED) is 0.708. The number of nitrogens with zero attached hydrogens (tertiary/aromatic N) is 1. The second-order valence-electron chi connectivity index (χ2n) is 7.25. The SMILES string of the molecule is CCC(C)NC(=O)C(C)N(Cc1ccccc1C)C(=O)Cc1cccc(Cl)c1. The van der Waals surface area contributed by atoms with Crippen molar-refractivity contribution in [3.05, 3.63) is 70.2 Å². The minimum atomic E-state index is -0.569. The van der Waals surface area contributed by atoms with Crippen molar-refractivity contribution in [2.75, 3.05) is 0 Å². The van der Waals surface area contributed by atoms with Crippen LogP contribution in [0.3, 0.4) is 0 Å². The van der Waals surface area contributed by atoms with Crippen molar-refractivity contribution < 1.29 is 9.59 Å². The Kier molecular flexibility index (Phi) is 8.06. The third kappa shape index (κ3) is 6.10. The van der Waals surface area contributed by atoms with E-state index in [0.29, 0.717) is 11.6 Å². The van der Waals surface area contributed by atoms with E-state index in [1.807, 2.05) is 57.2 Å². The number of halogens is 1. The summed E-state index contributed by atoms with van der Waals surface area (Å²) in [5.74, 6) is -0.236. The molecule has 0 saturated carbocycles. The van der Waals surface area contributed by atoms with Gasteiger partial charge in [-0.15, -0.1) is 0 Å². The Morgan fingerprint density at radius 1 is 1.11 bits per heavy atom. The van der Waals surface area contributed by atoms with E-state index >= 15 is 0 Å². The van der Waals surface area contributed by atoms with Gasteiger partial charge >= 0.3 is 0 Å².